The molecule has 4 rings (SSSR count). The van der Waals surface area contributed by atoms with Crippen LogP contribution in [0, 0.1) is 6.92 Å². The van der Waals surface area contributed by atoms with Gasteiger partial charge >= 0.3 is 6.09 Å². The predicted octanol–water partition coefficient (Wildman–Crippen LogP) is 4.98. The third-order valence-corrected chi connectivity index (χ3v) is 9.34. The second-order valence-corrected chi connectivity index (χ2v) is 12.4. The maximum atomic E-state index is 13.4. The van der Waals surface area contributed by atoms with Gasteiger partial charge in [-0.2, -0.15) is 0 Å². The number of ether oxygens (including phenoxy) is 2. The molecule has 0 aliphatic carbocycles. The van der Waals surface area contributed by atoms with Crippen molar-refractivity contribution in [2.24, 2.45) is 0 Å². The summed E-state index contributed by atoms with van der Waals surface area (Å²) in [6.45, 7) is 6.95. The van der Waals surface area contributed by atoms with Crippen LogP contribution >= 0.6 is 11.3 Å². The van der Waals surface area contributed by atoms with Gasteiger partial charge in [-0.15, -0.1) is 0 Å². The molecule has 0 saturated carbocycles. The highest BCUT2D eigenvalue weighted by atomic mass is 32.2. The Labute approximate surface area is 228 Å². The van der Waals surface area contributed by atoms with Crippen LogP contribution in [0.5, 0.6) is 5.75 Å². The van der Waals surface area contributed by atoms with Crippen molar-refractivity contribution in [3.8, 4) is 16.2 Å². The average Bonchev–Trinajstić information content (AvgIpc) is 3.27. The summed E-state index contributed by atoms with van der Waals surface area (Å²) < 4.78 is 39.9. The number of rotatable bonds is 8. The first-order chi connectivity index (χ1) is 18.0. The molecule has 9 nitrogen and oxygen atoms in total. The minimum atomic E-state index is -3.89. The minimum Gasteiger partial charge on any atom is -0.495 e. The maximum Gasteiger partial charge on any atom is 0.409 e. The number of thiazole rings is 1. The van der Waals surface area contributed by atoms with Crippen molar-refractivity contribution in [3.05, 3.63) is 59.8 Å². The highest BCUT2D eigenvalue weighted by Crippen LogP contribution is 2.38. The minimum absolute atomic E-state index is 0.0693. The number of aromatic nitrogens is 1. The number of amides is 1. The molecule has 2 aromatic carbocycles. The van der Waals surface area contributed by atoms with Crippen LogP contribution in [0.4, 0.5) is 9.93 Å². The second kappa shape index (κ2) is 11.3. The van der Waals surface area contributed by atoms with E-state index in [1.54, 1.807) is 17.0 Å². The molecular formula is C27H34N4O5S2. The van der Waals surface area contributed by atoms with Crippen LogP contribution in [0.1, 0.15) is 37.9 Å². The van der Waals surface area contributed by atoms with Gasteiger partial charge in [-0.25, -0.2) is 22.9 Å². The number of nitrogens with zero attached hydrogens (tertiary/aromatic N) is 2. The summed E-state index contributed by atoms with van der Waals surface area (Å²) in [4.78, 5) is 19.0. The molecule has 204 valence electrons. The normalized spacial score (nSPS) is 14.8. The van der Waals surface area contributed by atoms with Gasteiger partial charge in [0.2, 0.25) is 10.0 Å². The monoisotopic (exact) mass is 558 g/mol. The highest BCUT2D eigenvalue weighted by Gasteiger charge is 2.29. The Kier molecular flexibility index (Phi) is 8.29. The third kappa shape index (κ3) is 6.11. The highest BCUT2D eigenvalue weighted by molar-refractivity contribution is 7.89. The standard InChI is InChI=1S/C27H34N4O5S2/c1-18-24(37-25(28-18)29-27(2,3)20-9-7-6-8-10-20)19-11-12-22(35-4)23(17-19)38(33,34)30-21-13-15-31(16-14-21)26(32)36-5/h6-12,17,21,30H,13-16H2,1-5H3,(H,28,29). The van der Waals surface area contributed by atoms with E-state index >= 15 is 0 Å². The van der Waals surface area contributed by atoms with Gasteiger partial charge in [-0.3, -0.25) is 0 Å². The summed E-state index contributed by atoms with van der Waals surface area (Å²) in [6, 6.07) is 15.0. The molecule has 1 amide bonds. The van der Waals surface area contributed by atoms with E-state index in [-0.39, 0.29) is 22.2 Å². The fourth-order valence-corrected chi connectivity index (χ4v) is 7.15. The van der Waals surface area contributed by atoms with E-state index in [1.165, 1.54) is 25.6 Å². The Morgan fingerprint density at radius 1 is 1.11 bits per heavy atom. The number of hydrogen-bond donors (Lipinski definition) is 2. The van der Waals surface area contributed by atoms with E-state index in [4.69, 9.17) is 14.5 Å². The number of sulfonamides is 1. The first-order valence-corrected chi connectivity index (χ1v) is 14.7. The molecule has 11 heteroatoms. The maximum absolute atomic E-state index is 13.4. The van der Waals surface area contributed by atoms with Crippen LogP contribution < -0.4 is 14.8 Å². The fourth-order valence-electron chi connectivity index (χ4n) is 4.53. The Hall–Kier alpha value is -3.15. The number of carbonyl (C=O) groups is 1. The number of benzene rings is 2. The van der Waals surface area contributed by atoms with Gasteiger partial charge in [-0.05, 0) is 62.9 Å². The molecule has 0 radical (unpaired) electrons. The first kappa shape index (κ1) is 27.9. The van der Waals surface area contributed by atoms with Crippen molar-refractivity contribution in [1.82, 2.24) is 14.6 Å². The van der Waals surface area contributed by atoms with Gasteiger partial charge in [0, 0.05) is 19.1 Å². The molecule has 1 aliphatic heterocycles. The molecule has 1 aliphatic rings. The first-order valence-electron chi connectivity index (χ1n) is 12.4. The van der Waals surface area contributed by atoms with E-state index in [2.05, 4.69) is 36.0 Å². The molecule has 2 N–H and O–H groups in total. The summed E-state index contributed by atoms with van der Waals surface area (Å²) in [6.07, 6.45) is 0.592. The SMILES string of the molecule is COC(=O)N1CCC(NS(=O)(=O)c2cc(-c3sc(NC(C)(C)c4ccccc4)nc3C)ccc2OC)CC1. The molecule has 0 unspecified atom stereocenters. The third-order valence-electron chi connectivity index (χ3n) is 6.68. The Morgan fingerprint density at radius 3 is 2.42 bits per heavy atom. The quantitative estimate of drug-likeness (QED) is 0.401. The van der Waals surface area contributed by atoms with Crippen LogP contribution in [0.3, 0.4) is 0 Å². The lowest BCUT2D eigenvalue weighted by molar-refractivity contribution is 0.111. The molecule has 1 aromatic heterocycles. The molecule has 1 fully saturated rings. The molecule has 1 saturated heterocycles. The van der Waals surface area contributed by atoms with Crippen LogP contribution in [-0.2, 0) is 20.3 Å². The lowest BCUT2D eigenvalue weighted by Crippen LogP contribution is -2.46. The van der Waals surface area contributed by atoms with Crippen LogP contribution in [-0.4, -0.2) is 57.7 Å². The number of aryl methyl sites for hydroxylation is 1. The largest absolute Gasteiger partial charge is 0.495 e. The molecule has 0 atom stereocenters. The number of nitrogens with one attached hydrogen (secondary N) is 2. The van der Waals surface area contributed by atoms with Gasteiger partial charge in [-0.1, -0.05) is 41.7 Å². The molecule has 0 spiro atoms. The second-order valence-electron chi connectivity index (χ2n) is 9.77. The molecular weight excluding hydrogens is 524 g/mol. The summed E-state index contributed by atoms with van der Waals surface area (Å²) in [5.74, 6) is 0.263. The summed E-state index contributed by atoms with van der Waals surface area (Å²) in [7, 11) is -1.10. The Balaban J connectivity index is 1.56. The fraction of sp³-hybridized carbons (Fsp3) is 0.407. The predicted molar refractivity (Wildman–Crippen MR) is 149 cm³/mol. The van der Waals surface area contributed by atoms with Gasteiger partial charge in [0.05, 0.1) is 30.3 Å². The van der Waals surface area contributed by atoms with Crippen molar-refractivity contribution < 1.29 is 22.7 Å². The average molecular weight is 559 g/mol. The smallest absolute Gasteiger partial charge is 0.409 e. The lowest BCUT2D eigenvalue weighted by atomic mass is 9.95. The van der Waals surface area contributed by atoms with E-state index in [0.29, 0.717) is 25.9 Å². The van der Waals surface area contributed by atoms with Crippen LogP contribution in [0.25, 0.3) is 10.4 Å². The van der Waals surface area contributed by atoms with Crippen molar-refractivity contribution in [2.45, 2.75) is 50.1 Å². The zero-order valence-electron chi connectivity index (χ0n) is 22.3. The molecule has 3 aromatic rings. The van der Waals surface area contributed by atoms with Crippen molar-refractivity contribution >= 4 is 32.6 Å². The van der Waals surface area contributed by atoms with Crippen LogP contribution in [0.2, 0.25) is 0 Å². The lowest BCUT2D eigenvalue weighted by Gasteiger charge is -2.31. The Bertz CT molecular complexity index is 1380. The molecule has 38 heavy (non-hydrogen) atoms. The zero-order valence-corrected chi connectivity index (χ0v) is 23.9. The zero-order chi connectivity index (χ0) is 27.5. The van der Waals surface area contributed by atoms with E-state index < -0.39 is 16.1 Å². The van der Waals surface area contributed by atoms with E-state index in [1.807, 2.05) is 31.2 Å². The topological polar surface area (TPSA) is 110 Å². The van der Waals surface area contributed by atoms with Gasteiger partial charge in [0.15, 0.2) is 5.13 Å². The summed E-state index contributed by atoms with van der Waals surface area (Å²) >= 11 is 1.48. The number of likely N-dealkylation sites (tertiary alicyclic amines) is 1. The molecule has 2 heterocycles. The summed E-state index contributed by atoms with van der Waals surface area (Å²) in [5, 5.41) is 4.27. The van der Waals surface area contributed by atoms with Crippen molar-refractivity contribution in [2.75, 3.05) is 32.6 Å². The van der Waals surface area contributed by atoms with Crippen molar-refractivity contribution in [3.63, 3.8) is 0 Å². The van der Waals surface area contributed by atoms with Crippen molar-refractivity contribution in [1.29, 1.82) is 0 Å². The summed E-state index contributed by atoms with van der Waals surface area (Å²) in [5.41, 5.74) is 2.34. The van der Waals surface area contributed by atoms with Gasteiger partial charge < -0.3 is 19.7 Å². The van der Waals surface area contributed by atoms with Gasteiger partial charge in [0.1, 0.15) is 10.6 Å². The van der Waals surface area contributed by atoms with Gasteiger partial charge in [0.25, 0.3) is 0 Å². The molecule has 0 bridgehead atoms. The number of methoxy groups -OCH3 is 2. The number of carbonyl (C=O) groups excluding carboxylic acids is 1. The van der Waals surface area contributed by atoms with E-state index in [9.17, 15) is 13.2 Å². The number of piperidine rings is 1. The number of hydrogen-bond acceptors (Lipinski definition) is 8. The van der Waals surface area contributed by atoms with E-state index in [0.717, 1.165) is 26.8 Å². The Morgan fingerprint density at radius 2 is 1.79 bits per heavy atom. The van der Waals surface area contributed by atoms with Crippen LogP contribution in [0.15, 0.2) is 53.4 Å². The number of anilines is 1.